The first-order valence-electron chi connectivity index (χ1n) is 5.01. The summed E-state index contributed by atoms with van der Waals surface area (Å²) in [6.07, 6.45) is 0. The highest BCUT2D eigenvalue weighted by molar-refractivity contribution is 7.81. The topological polar surface area (TPSA) is 40.5 Å². The lowest BCUT2D eigenvalue weighted by Crippen LogP contribution is -2.44. The Balaban J connectivity index is 4.43. The molecule has 0 aromatic heterocycles. The molecule has 0 fully saturated rings. The zero-order chi connectivity index (χ0) is 11.3. The maximum atomic E-state index is 11.9. The third-order valence-electron chi connectivity index (χ3n) is 2.13. The highest BCUT2D eigenvalue weighted by atomic mass is 32.1. The molecule has 0 radical (unpaired) electrons. The summed E-state index contributed by atoms with van der Waals surface area (Å²) in [5.41, 5.74) is 0. The van der Waals surface area contributed by atoms with E-state index in [1.54, 1.807) is 4.90 Å². The van der Waals surface area contributed by atoms with Gasteiger partial charge in [-0.25, -0.2) is 0 Å². The van der Waals surface area contributed by atoms with Gasteiger partial charge in [0, 0.05) is 12.6 Å². The maximum absolute atomic E-state index is 11.9. The van der Waals surface area contributed by atoms with Gasteiger partial charge in [0.05, 0.1) is 11.9 Å². The second-order valence-electron chi connectivity index (χ2n) is 4.04. The van der Waals surface area contributed by atoms with Gasteiger partial charge in [-0.05, 0) is 19.8 Å². The van der Waals surface area contributed by atoms with E-state index in [0.717, 1.165) is 0 Å². The van der Waals surface area contributed by atoms with Crippen molar-refractivity contribution in [1.29, 1.82) is 0 Å². The average Bonchev–Trinajstić information content (AvgIpc) is 2.11. The van der Waals surface area contributed by atoms with Crippen molar-refractivity contribution in [2.75, 3.05) is 13.2 Å². The lowest BCUT2D eigenvalue weighted by molar-refractivity contribution is -0.133. The number of hydrogen-bond acceptors (Lipinski definition) is 3. The Morgan fingerprint density at radius 2 is 1.86 bits per heavy atom. The largest absolute Gasteiger partial charge is 0.395 e. The van der Waals surface area contributed by atoms with Gasteiger partial charge < -0.3 is 10.0 Å². The van der Waals surface area contributed by atoms with E-state index in [4.69, 9.17) is 5.11 Å². The van der Waals surface area contributed by atoms with E-state index >= 15 is 0 Å². The molecule has 0 spiro atoms. The van der Waals surface area contributed by atoms with Crippen LogP contribution in [0.5, 0.6) is 0 Å². The van der Waals surface area contributed by atoms with Gasteiger partial charge in [0.25, 0.3) is 0 Å². The van der Waals surface area contributed by atoms with Crippen LogP contribution in [-0.4, -0.2) is 40.4 Å². The number of hydrogen-bond donors (Lipinski definition) is 2. The fourth-order valence-corrected chi connectivity index (χ4v) is 1.33. The number of thiol groups is 1. The minimum atomic E-state index is -0.274. The Labute approximate surface area is 91.9 Å². The number of amides is 1. The number of aliphatic hydroxyl groups is 1. The van der Waals surface area contributed by atoms with Crippen LogP contribution in [-0.2, 0) is 4.79 Å². The normalized spacial score (nSPS) is 13.4. The third-order valence-corrected chi connectivity index (χ3v) is 2.95. The van der Waals surface area contributed by atoms with Gasteiger partial charge in [-0.3, -0.25) is 4.79 Å². The van der Waals surface area contributed by atoms with Crippen LogP contribution >= 0.6 is 12.6 Å². The van der Waals surface area contributed by atoms with Crippen LogP contribution in [0.3, 0.4) is 0 Å². The van der Waals surface area contributed by atoms with Crippen molar-refractivity contribution in [3.63, 3.8) is 0 Å². The molecule has 1 atom stereocenters. The molecule has 4 heteroatoms. The van der Waals surface area contributed by atoms with E-state index in [1.807, 2.05) is 27.7 Å². The van der Waals surface area contributed by atoms with Crippen molar-refractivity contribution in [2.24, 2.45) is 5.92 Å². The van der Waals surface area contributed by atoms with Crippen LogP contribution in [0.25, 0.3) is 0 Å². The summed E-state index contributed by atoms with van der Waals surface area (Å²) in [4.78, 5) is 13.5. The second kappa shape index (κ2) is 6.30. The molecule has 1 unspecified atom stereocenters. The molecule has 1 N–H and O–H groups in total. The smallest absolute Gasteiger partial charge is 0.235 e. The molecule has 0 saturated carbocycles. The minimum absolute atomic E-state index is 0.00249. The zero-order valence-electron chi connectivity index (χ0n) is 9.40. The van der Waals surface area contributed by atoms with Gasteiger partial charge in [-0.2, -0.15) is 12.6 Å². The molecule has 0 saturated heterocycles. The Kier molecular flexibility index (Phi) is 6.20. The molecule has 0 aliphatic carbocycles. The predicted octanol–water partition coefficient (Wildman–Crippen LogP) is 1.17. The fraction of sp³-hybridized carbons (Fsp3) is 0.900. The van der Waals surface area contributed by atoms with Crippen LogP contribution in [0.4, 0.5) is 0 Å². The summed E-state index contributed by atoms with van der Waals surface area (Å²) in [7, 11) is 0. The Bertz CT molecular complexity index is 183. The van der Waals surface area contributed by atoms with Crippen LogP contribution in [0.2, 0.25) is 0 Å². The van der Waals surface area contributed by atoms with E-state index in [2.05, 4.69) is 12.6 Å². The lowest BCUT2D eigenvalue weighted by atomic mass is 10.1. The first-order valence-corrected chi connectivity index (χ1v) is 5.52. The summed E-state index contributed by atoms with van der Waals surface area (Å²) in [5.74, 6) is 0.221. The Hall–Kier alpha value is -0.220. The monoisotopic (exact) mass is 219 g/mol. The number of rotatable bonds is 5. The molecule has 84 valence electrons. The van der Waals surface area contributed by atoms with Crippen LogP contribution in [0.1, 0.15) is 27.7 Å². The van der Waals surface area contributed by atoms with Crippen LogP contribution < -0.4 is 0 Å². The Morgan fingerprint density at radius 3 is 2.14 bits per heavy atom. The van der Waals surface area contributed by atoms with Crippen molar-refractivity contribution >= 4 is 18.5 Å². The highest BCUT2D eigenvalue weighted by Crippen LogP contribution is 2.14. The van der Waals surface area contributed by atoms with Crippen LogP contribution in [0.15, 0.2) is 0 Å². The summed E-state index contributed by atoms with van der Waals surface area (Å²) in [5, 5.41) is 8.56. The third kappa shape index (κ3) is 3.88. The number of carbonyl (C=O) groups excluding carboxylic acids is 1. The van der Waals surface area contributed by atoms with Crippen molar-refractivity contribution in [3.8, 4) is 0 Å². The standard InChI is InChI=1S/C10H21NO2S/c1-7(2)9(14)10(13)11(5-6-12)8(3)4/h7-9,12,14H,5-6H2,1-4H3. The summed E-state index contributed by atoms with van der Waals surface area (Å²) < 4.78 is 0. The van der Waals surface area contributed by atoms with Gasteiger partial charge in [-0.15, -0.1) is 0 Å². The van der Waals surface area contributed by atoms with Crippen molar-refractivity contribution < 1.29 is 9.90 Å². The minimum Gasteiger partial charge on any atom is -0.395 e. The van der Waals surface area contributed by atoms with Crippen molar-refractivity contribution in [1.82, 2.24) is 4.90 Å². The van der Waals surface area contributed by atoms with Gasteiger partial charge in [0.15, 0.2) is 0 Å². The molecule has 1 amide bonds. The second-order valence-corrected chi connectivity index (χ2v) is 4.59. The summed E-state index contributed by atoms with van der Waals surface area (Å²) >= 11 is 4.27. The first-order chi connectivity index (χ1) is 6.41. The molecule has 0 aliphatic rings. The van der Waals surface area contributed by atoms with E-state index in [1.165, 1.54) is 0 Å². The fourth-order valence-electron chi connectivity index (χ4n) is 1.19. The van der Waals surface area contributed by atoms with E-state index in [9.17, 15) is 4.79 Å². The SMILES string of the molecule is CC(C)C(S)C(=O)N(CCO)C(C)C. The molecule has 0 bridgehead atoms. The van der Waals surface area contributed by atoms with Gasteiger partial charge in [-0.1, -0.05) is 13.8 Å². The molecule has 0 aliphatic heterocycles. The predicted molar refractivity (Wildman–Crippen MR) is 61.5 cm³/mol. The van der Waals surface area contributed by atoms with E-state index < -0.39 is 0 Å². The number of aliphatic hydroxyl groups excluding tert-OH is 1. The average molecular weight is 219 g/mol. The molecular formula is C10H21NO2S. The molecule has 0 heterocycles. The number of carbonyl (C=O) groups is 1. The molecule has 0 aromatic carbocycles. The molecule has 0 rings (SSSR count). The van der Waals surface area contributed by atoms with Crippen molar-refractivity contribution in [2.45, 2.75) is 39.0 Å². The first kappa shape index (κ1) is 13.8. The van der Waals surface area contributed by atoms with Crippen molar-refractivity contribution in [3.05, 3.63) is 0 Å². The molecule has 0 aromatic rings. The van der Waals surface area contributed by atoms with E-state index in [0.29, 0.717) is 6.54 Å². The summed E-state index contributed by atoms with van der Waals surface area (Å²) in [6.45, 7) is 8.20. The highest BCUT2D eigenvalue weighted by Gasteiger charge is 2.24. The van der Waals surface area contributed by atoms with Gasteiger partial charge >= 0.3 is 0 Å². The van der Waals surface area contributed by atoms with E-state index in [-0.39, 0.29) is 29.7 Å². The molecule has 14 heavy (non-hydrogen) atoms. The lowest BCUT2D eigenvalue weighted by Gasteiger charge is -2.29. The van der Waals surface area contributed by atoms with Gasteiger partial charge in [0.1, 0.15) is 0 Å². The molecular weight excluding hydrogens is 198 g/mol. The zero-order valence-corrected chi connectivity index (χ0v) is 10.3. The Morgan fingerprint density at radius 1 is 1.36 bits per heavy atom. The maximum Gasteiger partial charge on any atom is 0.235 e. The molecule has 3 nitrogen and oxygen atoms in total. The number of nitrogens with zero attached hydrogens (tertiary/aromatic N) is 1. The van der Waals surface area contributed by atoms with Gasteiger partial charge in [0.2, 0.25) is 5.91 Å². The quantitative estimate of drug-likeness (QED) is 0.682. The summed E-state index contributed by atoms with van der Waals surface area (Å²) in [6, 6.07) is 0.114. The van der Waals surface area contributed by atoms with Crippen LogP contribution in [0, 0.1) is 5.92 Å².